The topological polar surface area (TPSA) is 116 Å². The molecule has 0 fully saturated rings. The Morgan fingerprint density at radius 1 is 1.62 bits per heavy atom. The van der Waals surface area contributed by atoms with Crippen molar-refractivity contribution in [1.29, 1.82) is 0 Å². The molecule has 2 aromatic heterocycles. The van der Waals surface area contributed by atoms with Crippen molar-refractivity contribution in [2.24, 2.45) is 0 Å². The van der Waals surface area contributed by atoms with Crippen molar-refractivity contribution >= 4 is 23.1 Å². The fraction of sp³-hybridized carbons (Fsp3) is 0.250. The second-order valence-electron chi connectivity index (χ2n) is 3.03. The Bertz CT molecular complexity index is 550. The van der Waals surface area contributed by atoms with Crippen LogP contribution in [-0.4, -0.2) is 37.7 Å². The van der Waals surface area contributed by atoms with Gasteiger partial charge in [0.1, 0.15) is 6.54 Å². The fourth-order valence-electron chi connectivity index (χ4n) is 1.34. The molecule has 0 saturated carbocycles. The van der Waals surface area contributed by atoms with E-state index in [1.54, 1.807) is 0 Å². The second kappa shape index (κ2) is 3.65. The summed E-state index contributed by atoms with van der Waals surface area (Å²) in [5.74, 6) is -0.751. The zero-order valence-corrected chi connectivity index (χ0v) is 8.41. The number of imidazole rings is 1. The molecule has 0 unspecified atom stereocenters. The van der Waals surface area contributed by atoms with Crippen molar-refractivity contribution in [1.82, 2.24) is 19.5 Å². The highest BCUT2D eigenvalue weighted by Gasteiger charge is 2.13. The maximum atomic E-state index is 10.6. The van der Waals surface area contributed by atoms with E-state index in [0.717, 1.165) is 0 Å². The molecule has 0 aromatic carbocycles. The predicted octanol–water partition coefficient (Wildman–Crippen LogP) is -0.498. The molecule has 0 bridgehead atoms. The minimum absolute atomic E-state index is 0.0106. The van der Waals surface area contributed by atoms with Crippen molar-refractivity contribution in [2.75, 3.05) is 12.8 Å². The number of fused-ring (bicyclic) bond motifs is 1. The van der Waals surface area contributed by atoms with Gasteiger partial charge in [-0.3, -0.25) is 4.79 Å². The van der Waals surface area contributed by atoms with Crippen LogP contribution in [0, 0.1) is 0 Å². The van der Waals surface area contributed by atoms with Crippen LogP contribution < -0.4 is 10.5 Å². The summed E-state index contributed by atoms with van der Waals surface area (Å²) >= 11 is 0. The van der Waals surface area contributed by atoms with Gasteiger partial charge in [0.2, 0.25) is 11.8 Å². The monoisotopic (exact) mass is 223 g/mol. The molecule has 8 nitrogen and oxygen atoms in total. The lowest BCUT2D eigenvalue weighted by Gasteiger charge is -2.02. The lowest BCUT2D eigenvalue weighted by Crippen LogP contribution is -2.09. The summed E-state index contributed by atoms with van der Waals surface area (Å²) in [6.45, 7) is -0.240. The molecule has 2 heterocycles. The molecule has 3 N–H and O–H groups in total. The van der Waals surface area contributed by atoms with Gasteiger partial charge in [-0.05, 0) is 0 Å². The molecule has 0 aliphatic rings. The molecule has 2 rings (SSSR count). The molecule has 0 amide bonds. The summed E-state index contributed by atoms with van der Waals surface area (Å²) in [7, 11) is 1.43. The Hall–Kier alpha value is -2.38. The average Bonchev–Trinajstić information content (AvgIpc) is 2.59. The van der Waals surface area contributed by atoms with E-state index in [2.05, 4.69) is 15.0 Å². The Balaban J connectivity index is 2.62. The van der Waals surface area contributed by atoms with Gasteiger partial charge in [0, 0.05) is 0 Å². The minimum atomic E-state index is -0.990. The zero-order chi connectivity index (χ0) is 11.7. The predicted molar refractivity (Wildman–Crippen MR) is 53.9 cm³/mol. The number of nitrogens with two attached hydrogens (primary N) is 1. The van der Waals surface area contributed by atoms with E-state index in [1.807, 2.05) is 0 Å². The highest BCUT2D eigenvalue weighted by molar-refractivity contribution is 5.79. The number of rotatable bonds is 3. The van der Waals surface area contributed by atoms with Gasteiger partial charge < -0.3 is 20.1 Å². The average molecular weight is 223 g/mol. The minimum Gasteiger partial charge on any atom is -0.480 e. The number of hydrogen-bond acceptors (Lipinski definition) is 6. The van der Waals surface area contributed by atoms with Gasteiger partial charge >= 0.3 is 5.97 Å². The summed E-state index contributed by atoms with van der Waals surface area (Å²) < 4.78 is 6.33. The Labute approximate surface area is 89.7 Å². The molecule has 8 heteroatoms. The van der Waals surface area contributed by atoms with Crippen molar-refractivity contribution in [3.8, 4) is 5.88 Å². The molecular weight excluding hydrogens is 214 g/mol. The zero-order valence-electron chi connectivity index (χ0n) is 8.41. The Morgan fingerprint density at radius 3 is 3.00 bits per heavy atom. The van der Waals surface area contributed by atoms with E-state index in [0.29, 0.717) is 11.2 Å². The van der Waals surface area contributed by atoms with Gasteiger partial charge in [-0.15, -0.1) is 0 Å². The third-order valence-corrected chi connectivity index (χ3v) is 1.95. The van der Waals surface area contributed by atoms with Crippen LogP contribution in [-0.2, 0) is 11.3 Å². The molecule has 0 spiro atoms. The van der Waals surface area contributed by atoms with Gasteiger partial charge in [-0.25, -0.2) is 4.98 Å². The van der Waals surface area contributed by atoms with Gasteiger partial charge in [0.25, 0.3) is 0 Å². The first kappa shape index (κ1) is 10.1. The number of nitrogen functional groups attached to an aromatic ring is 1. The third-order valence-electron chi connectivity index (χ3n) is 1.95. The number of aliphatic carboxylic acids is 1. The van der Waals surface area contributed by atoms with Crippen LogP contribution in [0.3, 0.4) is 0 Å². The maximum absolute atomic E-state index is 10.6. The summed E-state index contributed by atoms with van der Waals surface area (Å²) in [5.41, 5.74) is 6.19. The van der Waals surface area contributed by atoms with Gasteiger partial charge in [0.15, 0.2) is 11.2 Å². The van der Waals surface area contributed by atoms with E-state index in [4.69, 9.17) is 15.6 Å². The number of ether oxygens (including phenoxy) is 1. The van der Waals surface area contributed by atoms with E-state index < -0.39 is 5.97 Å². The molecular formula is C8H9N5O3. The van der Waals surface area contributed by atoms with Crippen LogP contribution in [0.15, 0.2) is 6.33 Å². The molecule has 2 aromatic rings. The molecule has 0 atom stereocenters. The smallest absolute Gasteiger partial charge is 0.323 e. The number of carboxylic acid groups (broad SMARTS) is 1. The first-order chi connectivity index (χ1) is 7.61. The number of hydrogen-bond donors (Lipinski definition) is 2. The molecule has 0 aliphatic heterocycles. The summed E-state index contributed by atoms with van der Waals surface area (Å²) in [6, 6.07) is 0. The van der Waals surface area contributed by atoms with Crippen LogP contribution in [0.4, 0.5) is 5.95 Å². The molecule has 0 radical (unpaired) electrons. The Kier molecular flexibility index (Phi) is 2.31. The lowest BCUT2D eigenvalue weighted by atomic mass is 10.5. The first-order valence-electron chi connectivity index (χ1n) is 4.36. The first-order valence-corrected chi connectivity index (χ1v) is 4.36. The summed E-state index contributed by atoms with van der Waals surface area (Å²) in [4.78, 5) is 22.3. The van der Waals surface area contributed by atoms with Gasteiger partial charge in [0.05, 0.1) is 13.4 Å². The Morgan fingerprint density at radius 2 is 2.38 bits per heavy atom. The van der Waals surface area contributed by atoms with Crippen LogP contribution >= 0.6 is 0 Å². The van der Waals surface area contributed by atoms with Crippen LogP contribution in [0.25, 0.3) is 11.2 Å². The van der Waals surface area contributed by atoms with Crippen molar-refractivity contribution in [2.45, 2.75) is 6.54 Å². The molecule has 0 aliphatic carbocycles. The van der Waals surface area contributed by atoms with Crippen molar-refractivity contribution < 1.29 is 14.6 Å². The van der Waals surface area contributed by atoms with Crippen LogP contribution in [0.2, 0.25) is 0 Å². The number of nitrogens with zero attached hydrogens (tertiary/aromatic N) is 4. The molecule has 0 saturated heterocycles. The quantitative estimate of drug-likeness (QED) is 0.720. The van der Waals surface area contributed by atoms with Crippen molar-refractivity contribution in [3.05, 3.63) is 6.33 Å². The number of aromatic nitrogens is 4. The highest BCUT2D eigenvalue weighted by atomic mass is 16.5. The van der Waals surface area contributed by atoms with Crippen LogP contribution in [0.1, 0.15) is 0 Å². The maximum Gasteiger partial charge on any atom is 0.323 e. The van der Waals surface area contributed by atoms with Crippen LogP contribution in [0.5, 0.6) is 5.88 Å². The fourth-order valence-corrected chi connectivity index (χ4v) is 1.34. The SMILES string of the molecule is COc1nc(N)nc2c1ncn2CC(=O)O. The highest BCUT2D eigenvalue weighted by Crippen LogP contribution is 2.21. The lowest BCUT2D eigenvalue weighted by molar-refractivity contribution is -0.137. The number of anilines is 1. The largest absolute Gasteiger partial charge is 0.480 e. The van der Waals surface area contributed by atoms with E-state index in [9.17, 15) is 4.79 Å². The normalized spacial score (nSPS) is 10.6. The van der Waals surface area contributed by atoms with Gasteiger partial charge in [-0.1, -0.05) is 0 Å². The second-order valence-corrected chi connectivity index (χ2v) is 3.03. The van der Waals surface area contributed by atoms with Gasteiger partial charge in [-0.2, -0.15) is 9.97 Å². The molecule has 84 valence electrons. The number of methoxy groups -OCH3 is 1. The number of carboxylic acids is 1. The van der Waals surface area contributed by atoms with Crippen molar-refractivity contribution in [3.63, 3.8) is 0 Å². The van der Waals surface area contributed by atoms with E-state index in [-0.39, 0.29) is 18.4 Å². The summed E-state index contributed by atoms with van der Waals surface area (Å²) in [5, 5.41) is 8.69. The molecule has 16 heavy (non-hydrogen) atoms. The van der Waals surface area contributed by atoms with E-state index >= 15 is 0 Å². The summed E-state index contributed by atoms with van der Waals surface area (Å²) in [6.07, 6.45) is 1.36. The standard InChI is InChI=1S/C8H9N5O3/c1-16-7-5-6(11-8(9)12-7)13(3-10-5)2-4(14)15/h3H,2H2,1H3,(H,14,15)(H2,9,11,12). The van der Waals surface area contributed by atoms with E-state index in [1.165, 1.54) is 18.0 Å². The number of carbonyl (C=O) groups is 1. The third kappa shape index (κ3) is 1.60.